The van der Waals surface area contributed by atoms with Crippen LogP contribution in [0, 0.1) is 29.6 Å². The van der Waals surface area contributed by atoms with Crippen molar-refractivity contribution in [3.63, 3.8) is 0 Å². The minimum absolute atomic E-state index is 0.0677. The van der Waals surface area contributed by atoms with E-state index < -0.39 is 65.5 Å². The van der Waals surface area contributed by atoms with Crippen LogP contribution >= 0.6 is 0 Å². The van der Waals surface area contributed by atoms with E-state index >= 15 is 0 Å². The first-order valence-corrected chi connectivity index (χ1v) is 25.0. The van der Waals surface area contributed by atoms with Crippen molar-refractivity contribution >= 4 is 35.6 Å². The van der Waals surface area contributed by atoms with Crippen LogP contribution in [-0.2, 0) is 33.4 Å². The Labute approximate surface area is 389 Å². The van der Waals surface area contributed by atoms with Crippen LogP contribution in [0.25, 0.3) is 0 Å². The molecule has 3 fully saturated rings. The summed E-state index contributed by atoms with van der Waals surface area (Å²) in [5.74, 6) is -0.347. The smallest absolute Gasteiger partial charge is 0.407 e. The zero-order chi connectivity index (χ0) is 47.9. The minimum Gasteiger partial charge on any atom is -0.444 e. The van der Waals surface area contributed by atoms with E-state index in [2.05, 4.69) is 31.9 Å². The highest BCUT2D eigenvalue weighted by Gasteiger charge is 2.38. The lowest BCUT2D eigenvalue weighted by Crippen LogP contribution is -2.62. The molecule has 17 heteroatoms. The molecule has 3 rings (SSSR count). The third-order valence-electron chi connectivity index (χ3n) is 13.3. The Hall–Kier alpha value is -3.54. The first-order valence-electron chi connectivity index (χ1n) is 25.0. The number of amides is 6. The number of nitrogens with zero attached hydrogens (tertiary/aromatic N) is 1. The molecule has 374 valence electrons. The van der Waals surface area contributed by atoms with E-state index in [4.69, 9.17) is 15.2 Å². The molecule has 0 saturated heterocycles. The molecule has 3 saturated carbocycles. The van der Waals surface area contributed by atoms with E-state index in [1.807, 2.05) is 13.8 Å². The van der Waals surface area contributed by atoms with Gasteiger partial charge in [0.25, 0.3) is 0 Å². The van der Waals surface area contributed by atoms with Gasteiger partial charge in [-0.25, -0.2) is 4.79 Å². The lowest BCUT2D eigenvalue weighted by atomic mass is 9.78. The fourth-order valence-corrected chi connectivity index (χ4v) is 9.74. The summed E-state index contributed by atoms with van der Waals surface area (Å²) in [6.07, 6.45) is 15.6. The number of carbonyl (C=O) groups is 6. The normalized spacial score (nSPS) is 21.6. The Morgan fingerprint density at radius 3 is 2.02 bits per heavy atom. The van der Waals surface area contributed by atoms with E-state index in [9.17, 15) is 33.9 Å². The summed E-state index contributed by atoms with van der Waals surface area (Å²) >= 11 is 0. The summed E-state index contributed by atoms with van der Waals surface area (Å²) < 4.78 is 11.0. The fourth-order valence-electron chi connectivity index (χ4n) is 9.74. The third-order valence-corrected chi connectivity index (χ3v) is 13.3. The number of ether oxygens (including phenoxy) is 2. The standard InChI is InChI=1S/C48H88N8O9/c1-8-15-40(56(7)46(62)32(2)18-19-34-26-35-20-21-36(27-34)28-35)44(60)55-41(37-16-11-9-10-12-17-37)45(61)53-38(29-49)42(58)54-39(43(59)52-33(3)30-57)31-64-25-14-23-50-22-13-24-51-47(63)65-48(4,5)6/h32-41,50,57H,8-31,49H2,1-7H3,(H,51,63)(H,52,59)(H,53,61)(H,54,58)(H,55,60)/t32-,33-,34-,35+,36-,38+,39+,40+,41+/m1/s1. The van der Waals surface area contributed by atoms with Crippen molar-refractivity contribution in [1.82, 2.24) is 36.8 Å². The second kappa shape index (κ2) is 29.3. The fraction of sp³-hybridized carbons (Fsp3) is 0.875. The molecule has 0 unspecified atom stereocenters. The number of carbonyl (C=O) groups excluding carboxylic acids is 6. The van der Waals surface area contributed by atoms with Gasteiger partial charge in [-0.05, 0) is 129 Å². The predicted octanol–water partition coefficient (Wildman–Crippen LogP) is 3.65. The van der Waals surface area contributed by atoms with Crippen LogP contribution in [0.5, 0.6) is 0 Å². The van der Waals surface area contributed by atoms with E-state index in [0.29, 0.717) is 64.1 Å². The molecule has 9 atom stereocenters. The first kappa shape index (κ1) is 55.8. The SMILES string of the molecule is CCC[C@@H](C(=O)N[C@H](C(=O)N[C@@H](CN)C(=O)N[C@@H](COCCCNCCCNC(=O)OC(C)(C)C)C(=O)N[C@H](C)CO)C1CCCCCC1)N(C)C(=O)[C@H](C)CC[C@@H]1C[C@@H]2CC[C@@H](C2)C1. The highest BCUT2D eigenvalue weighted by molar-refractivity contribution is 5.96. The van der Waals surface area contributed by atoms with Gasteiger partial charge >= 0.3 is 6.09 Å². The molecule has 0 aromatic carbocycles. The van der Waals surface area contributed by atoms with Crippen molar-refractivity contribution in [1.29, 1.82) is 0 Å². The van der Waals surface area contributed by atoms with Crippen molar-refractivity contribution < 1.29 is 43.3 Å². The summed E-state index contributed by atoms with van der Waals surface area (Å²) in [5.41, 5.74) is 5.53. The Morgan fingerprint density at radius 1 is 0.769 bits per heavy atom. The number of hydrogen-bond acceptors (Lipinski definition) is 11. The van der Waals surface area contributed by atoms with Gasteiger partial charge in [-0.3, -0.25) is 24.0 Å². The maximum Gasteiger partial charge on any atom is 0.407 e. The zero-order valence-electron chi connectivity index (χ0n) is 41.0. The van der Waals surface area contributed by atoms with Crippen LogP contribution < -0.4 is 37.6 Å². The van der Waals surface area contributed by atoms with Gasteiger partial charge in [-0.2, -0.15) is 0 Å². The molecule has 9 N–H and O–H groups in total. The molecule has 0 heterocycles. The highest BCUT2D eigenvalue weighted by Crippen LogP contribution is 2.46. The van der Waals surface area contributed by atoms with E-state index in [-0.39, 0.29) is 44.1 Å². The van der Waals surface area contributed by atoms with Crippen molar-refractivity contribution in [2.45, 2.75) is 187 Å². The quantitative estimate of drug-likeness (QED) is 0.0416. The van der Waals surface area contributed by atoms with Crippen LogP contribution in [-0.4, -0.2) is 134 Å². The van der Waals surface area contributed by atoms with E-state index in [1.54, 1.807) is 39.6 Å². The van der Waals surface area contributed by atoms with E-state index in [1.165, 1.54) is 32.1 Å². The number of aliphatic hydroxyl groups excluding tert-OH is 1. The number of aliphatic hydroxyl groups is 1. The van der Waals surface area contributed by atoms with Gasteiger partial charge in [0.2, 0.25) is 29.5 Å². The molecular weight excluding hydrogens is 833 g/mol. The predicted molar refractivity (Wildman–Crippen MR) is 251 cm³/mol. The molecule has 17 nitrogen and oxygen atoms in total. The largest absolute Gasteiger partial charge is 0.444 e. The molecule has 0 aromatic heterocycles. The summed E-state index contributed by atoms with van der Waals surface area (Å²) in [7, 11) is 1.70. The summed E-state index contributed by atoms with van der Waals surface area (Å²) in [5, 5.41) is 26.8. The van der Waals surface area contributed by atoms with Gasteiger partial charge in [-0.1, -0.05) is 58.8 Å². The lowest BCUT2D eigenvalue weighted by Gasteiger charge is -2.34. The number of fused-ring (bicyclic) bond motifs is 2. The molecule has 6 amide bonds. The maximum absolute atomic E-state index is 14.3. The second-order valence-electron chi connectivity index (χ2n) is 20.3. The summed E-state index contributed by atoms with van der Waals surface area (Å²) in [6.45, 7) is 12.2. The topological polar surface area (TPSA) is 243 Å². The molecule has 3 aliphatic carbocycles. The van der Waals surface area contributed by atoms with Gasteiger partial charge in [0.15, 0.2) is 0 Å². The van der Waals surface area contributed by atoms with Crippen LogP contribution in [0.1, 0.15) is 151 Å². The lowest BCUT2D eigenvalue weighted by molar-refractivity contribution is -0.143. The molecule has 0 aliphatic heterocycles. The number of nitrogens with one attached hydrogen (secondary N) is 6. The monoisotopic (exact) mass is 921 g/mol. The highest BCUT2D eigenvalue weighted by atomic mass is 16.6. The van der Waals surface area contributed by atoms with E-state index in [0.717, 1.165) is 50.4 Å². The number of nitrogens with two attached hydrogens (primary N) is 1. The average molecular weight is 921 g/mol. The maximum atomic E-state index is 14.3. The number of alkyl carbamates (subject to hydrolysis) is 1. The molecule has 0 radical (unpaired) electrons. The number of hydrogen-bond donors (Lipinski definition) is 8. The van der Waals surface area contributed by atoms with Gasteiger partial charge in [0, 0.05) is 38.7 Å². The zero-order valence-corrected chi connectivity index (χ0v) is 41.0. The van der Waals surface area contributed by atoms with Crippen molar-refractivity contribution in [3.8, 4) is 0 Å². The van der Waals surface area contributed by atoms with Gasteiger partial charge < -0.3 is 57.1 Å². The van der Waals surface area contributed by atoms with Gasteiger partial charge in [0.05, 0.1) is 13.2 Å². The van der Waals surface area contributed by atoms with Crippen molar-refractivity contribution in [2.75, 3.05) is 53.0 Å². The summed E-state index contributed by atoms with van der Waals surface area (Å²) in [4.78, 5) is 82.8. The second-order valence-corrected chi connectivity index (χ2v) is 20.3. The van der Waals surface area contributed by atoms with Crippen molar-refractivity contribution in [2.24, 2.45) is 35.3 Å². The Balaban J connectivity index is 1.60. The van der Waals surface area contributed by atoms with Gasteiger partial charge in [0.1, 0.15) is 29.8 Å². The minimum atomic E-state index is -1.23. The number of likely N-dealkylation sites (N-methyl/N-ethyl adjacent to an activating group) is 1. The molecule has 2 bridgehead atoms. The first-order chi connectivity index (χ1) is 31.0. The van der Waals surface area contributed by atoms with Crippen LogP contribution in [0.2, 0.25) is 0 Å². The summed E-state index contributed by atoms with van der Waals surface area (Å²) in [6, 6.07) is -4.71. The Morgan fingerprint density at radius 2 is 1.40 bits per heavy atom. The van der Waals surface area contributed by atoms with Crippen LogP contribution in [0.4, 0.5) is 4.79 Å². The van der Waals surface area contributed by atoms with Crippen LogP contribution in [0.15, 0.2) is 0 Å². The Bertz CT molecular complexity index is 1460. The molecule has 0 spiro atoms. The molecule has 65 heavy (non-hydrogen) atoms. The molecule has 3 aliphatic rings. The number of rotatable bonds is 28. The molecule has 0 aromatic rings. The Kier molecular flexibility index (Phi) is 25.1. The van der Waals surface area contributed by atoms with Gasteiger partial charge in [-0.15, -0.1) is 0 Å². The average Bonchev–Trinajstić information content (AvgIpc) is 3.41. The third kappa shape index (κ3) is 20.5. The van der Waals surface area contributed by atoms with Crippen LogP contribution in [0.3, 0.4) is 0 Å². The molecular formula is C48H88N8O9. The van der Waals surface area contributed by atoms with Crippen molar-refractivity contribution in [3.05, 3.63) is 0 Å².